The molecular formula is C20H24N2O3. The zero-order chi connectivity index (χ0) is 18.4. The van der Waals surface area contributed by atoms with Gasteiger partial charge in [0, 0.05) is 31.9 Å². The summed E-state index contributed by atoms with van der Waals surface area (Å²) in [5.74, 6) is 0.368. The van der Waals surface area contributed by atoms with E-state index in [1.54, 1.807) is 31.2 Å². The minimum Gasteiger partial charge on any atom is -0.481 e. The molecule has 25 heavy (non-hydrogen) atoms. The van der Waals surface area contributed by atoms with Gasteiger partial charge in [0.15, 0.2) is 11.9 Å². The highest BCUT2D eigenvalue weighted by atomic mass is 16.5. The first kappa shape index (κ1) is 18.5. The molecular weight excluding hydrogens is 316 g/mol. The van der Waals surface area contributed by atoms with Gasteiger partial charge in [0.2, 0.25) is 0 Å². The summed E-state index contributed by atoms with van der Waals surface area (Å²) >= 11 is 0. The van der Waals surface area contributed by atoms with E-state index >= 15 is 0 Å². The number of carbonyl (C=O) groups excluding carboxylic acids is 2. The second kappa shape index (κ2) is 8.33. The van der Waals surface area contributed by atoms with Crippen molar-refractivity contribution in [2.24, 2.45) is 0 Å². The number of ether oxygens (including phenoxy) is 1. The van der Waals surface area contributed by atoms with Crippen molar-refractivity contribution in [3.63, 3.8) is 0 Å². The van der Waals surface area contributed by atoms with Crippen LogP contribution in [0.2, 0.25) is 0 Å². The Hall–Kier alpha value is -2.82. The first-order valence-electron chi connectivity index (χ1n) is 8.18. The minimum absolute atomic E-state index is 0.00220. The Kier molecular flexibility index (Phi) is 6.17. The molecule has 0 spiro atoms. The Labute approximate surface area is 148 Å². The van der Waals surface area contributed by atoms with E-state index < -0.39 is 6.10 Å². The molecule has 1 atom stereocenters. The lowest BCUT2D eigenvalue weighted by Gasteiger charge is -2.16. The summed E-state index contributed by atoms with van der Waals surface area (Å²) in [5.41, 5.74) is 2.75. The summed E-state index contributed by atoms with van der Waals surface area (Å²) < 4.78 is 5.62. The van der Waals surface area contributed by atoms with Crippen LogP contribution in [0.25, 0.3) is 0 Å². The van der Waals surface area contributed by atoms with Gasteiger partial charge in [0.05, 0.1) is 0 Å². The highest BCUT2D eigenvalue weighted by molar-refractivity contribution is 5.94. The Morgan fingerprint density at radius 2 is 1.64 bits per heavy atom. The van der Waals surface area contributed by atoms with Crippen LogP contribution in [0, 0.1) is 0 Å². The average molecular weight is 340 g/mol. The fraction of sp³-hybridized carbons (Fsp3) is 0.300. The number of carbonyl (C=O) groups is 2. The van der Waals surface area contributed by atoms with Crippen LogP contribution in [0.4, 0.5) is 5.69 Å². The van der Waals surface area contributed by atoms with E-state index in [9.17, 15) is 9.59 Å². The lowest BCUT2D eigenvalue weighted by atomic mass is 10.1. The van der Waals surface area contributed by atoms with E-state index in [2.05, 4.69) is 5.32 Å². The molecule has 0 aliphatic heterocycles. The zero-order valence-electron chi connectivity index (χ0n) is 15.1. The van der Waals surface area contributed by atoms with Gasteiger partial charge in [-0.25, -0.2) is 0 Å². The molecule has 2 rings (SSSR count). The van der Waals surface area contributed by atoms with Gasteiger partial charge in [-0.1, -0.05) is 12.1 Å². The summed E-state index contributed by atoms with van der Waals surface area (Å²) in [6.07, 6.45) is -0.621. The van der Waals surface area contributed by atoms with Crippen molar-refractivity contribution in [2.45, 2.75) is 26.5 Å². The van der Waals surface area contributed by atoms with E-state index in [4.69, 9.17) is 4.74 Å². The average Bonchev–Trinajstić information content (AvgIpc) is 2.60. The van der Waals surface area contributed by atoms with Gasteiger partial charge in [-0.2, -0.15) is 0 Å². The van der Waals surface area contributed by atoms with Crippen molar-refractivity contribution in [2.75, 3.05) is 19.0 Å². The van der Waals surface area contributed by atoms with Crippen LogP contribution in [0.15, 0.2) is 48.5 Å². The molecule has 0 saturated carbocycles. The summed E-state index contributed by atoms with van der Waals surface area (Å²) in [5, 5.41) is 2.87. The molecule has 2 aromatic carbocycles. The third-order valence-corrected chi connectivity index (χ3v) is 3.86. The molecule has 0 radical (unpaired) electrons. The normalized spacial score (nSPS) is 11.5. The summed E-state index contributed by atoms with van der Waals surface area (Å²) in [4.78, 5) is 25.5. The van der Waals surface area contributed by atoms with E-state index in [0.717, 1.165) is 11.3 Å². The van der Waals surface area contributed by atoms with Crippen molar-refractivity contribution in [3.05, 3.63) is 59.7 Å². The van der Waals surface area contributed by atoms with Gasteiger partial charge >= 0.3 is 0 Å². The summed E-state index contributed by atoms with van der Waals surface area (Å²) in [6, 6.07) is 14.8. The quantitative estimate of drug-likeness (QED) is 0.787. The van der Waals surface area contributed by atoms with Crippen molar-refractivity contribution < 1.29 is 14.3 Å². The standard InChI is InChI=1S/C20H24N2O3/c1-14(23)17-7-11-19(12-8-17)25-15(2)20(24)21-13-16-5-9-18(10-6-16)22(3)4/h5-12,15H,13H2,1-4H3,(H,21,24). The molecule has 0 aliphatic carbocycles. The summed E-state index contributed by atoms with van der Waals surface area (Å²) in [7, 11) is 3.97. The molecule has 0 saturated heterocycles. The molecule has 0 bridgehead atoms. The zero-order valence-corrected chi connectivity index (χ0v) is 15.1. The van der Waals surface area contributed by atoms with Crippen molar-refractivity contribution in [1.29, 1.82) is 0 Å². The topological polar surface area (TPSA) is 58.6 Å². The first-order valence-corrected chi connectivity index (χ1v) is 8.18. The second-order valence-electron chi connectivity index (χ2n) is 6.12. The molecule has 1 amide bonds. The maximum absolute atomic E-state index is 12.2. The Bertz CT molecular complexity index is 722. The van der Waals surface area contributed by atoms with Crippen LogP contribution < -0.4 is 15.0 Å². The predicted octanol–water partition coefficient (Wildman–Crippen LogP) is 3.04. The van der Waals surface area contributed by atoms with Crippen LogP contribution in [-0.4, -0.2) is 31.9 Å². The molecule has 0 heterocycles. The molecule has 1 N–H and O–H groups in total. The molecule has 5 nitrogen and oxygen atoms in total. The predicted molar refractivity (Wildman–Crippen MR) is 99.2 cm³/mol. The smallest absolute Gasteiger partial charge is 0.261 e. The van der Waals surface area contributed by atoms with Crippen LogP contribution in [0.3, 0.4) is 0 Å². The van der Waals surface area contributed by atoms with Gasteiger partial charge in [-0.05, 0) is 55.8 Å². The maximum atomic E-state index is 12.2. The number of rotatable bonds is 7. The number of nitrogens with one attached hydrogen (secondary N) is 1. The van der Waals surface area contributed by atoms with E-state index in [-0.39, 0.29) is 11.7 Å². The van der Waals surface area contributed by atoms with Crippen LogP contribution in [0.1, 0.15) is 29.8 Å². The number of amides is 1. The van der Waals surface area contributed by atoms with Gasteiger partial charge < -0.3 is 15.0 Å². The number of anilines is 1. The van der Waals surface area contributed by atoms with Crippen LogP contribution in [0.5, 0.6) is 5.75 Å². The van der Waals surface area contributed by atoms with Gasteiger partial charge in [0.25, 0.3) is 5.91 Å². The molecule has 1 unspecified atom stereocenters. The highest BCUT2D eigenvalue weighted by Gasteiger charge is 2.14. The van der Waals surface area contributed by atoms with E-state index in [1.807, 2.05) is 43.3 Å². The third-order valence-electron chi connectivity index (χ3n) is 3.86. The monoisotopic (exact) mass is 340 g/mol. The lowest BCUT2D eigenvalue weighted by Crippen LogP contribution is -2.35. The van der Waals surface area contributed by atoms with Gasteiger partial charge in [-0.15, -0.1) is 0 Å². The van der Waals surface area contributed by atoms with E-state index in [1.165, 1.54) is 6.92 Å². The molecule has 2 aromatic rings. The molecule has 5 heteroatoms. The van der Waals surface area contributed by atoms with Gasteiger partial charge in [-0.3, -0.25) is 9.59 Å². The van der Waals surface area contributed by atoms with Gasteiger partial charge in [0.1, 0.15) is 5.75 Å². The highest BCUT2D eigenvalue weighted by Crippen LogP contribution is 2.15. The fourth-order valence-corrected chi connectivity index (χ4v) is 2.27. The van der Waals surface area contributed by atoms with Crippen molar-refractivity contribution in [1.82, 2.24) is 5.32 Å². The number of ketones is 1. The Morgan fingerprint density at radius 3 is 2.16 bits per heavy atom. The molecule has 0 fully saturated rings. The third kappa shape index (κ3) is 5.35. The summed E-state index contributed by atoms with van der Waals surface area (Å²) in [6.45, 7) is 3.66. The maximum Gasteiger partial charge on any atom is 0.261 e. The SMILES string of the molecule is CC(=O)c1ccc(OC(C)C(=O)NCc2ccc(N(C)C)cc2)cc1. The Balaban J connectivity index is 1.86. The van der Waals surface area contributed by atoms with E-state index in [0.29, 0.717) is 17.9 Å². The van der Waals surface area contributed by atoms with Crippen LogP contribution in [-0.2, 0) is 11.3 Å². The second-order valence-corrected chi connectivity index (χ2v) is 6.12. The molecule has 132 valence electrons. The number of benzene rings is 2. The number of nitrogens with zero attached hydrogens (tertiary/aromatic N) is 1. The van der Waals surface area contributed by atoms with Crippen molar-refractivity contribution in [3.8, 4) is 5.75 Å². The fourth-order valence-electron chi connectivity index (χ4n) is 2.27. The first-order chi connectivity index (χ1) is 11.9. The molecule has 0 aromatic heterocycles. The number of hydrogen-bond acceptors (Lipinski definition) is 4. The Morgan fingerprint density at radius 1 is 1.04 bits per heavy atom. The molecule has 0 aliphatic rings. The minimum atomic E-state index is -0.621. The van der Waals surface area contributed by atoms with Crippen LogP contribution >= 0.6 is 0 Å². The number of hydrogen-bond donors (Lipinski definition) is 1. The van der Waals surface area contributed by atoms with Crippen molar-refractivity contribution >= 4 is 17.4 Å². The number of Topliss-reactive ketones (excluding diaryl/α,β-unsaturated/α-hetero) is 1. The lowest BCUT2D eigenvalue weighted by molar-refractivity contribution is -0.127. The largest absolute Gasteiger partial charge is 0.481 e.